The number of H-pyrrole nitrogens is 1. The van der Waals surface area contributed by atoms with E-state index in [1.165, 1.54) is 5.56 Å². The molecule has 4 heteroatoms. The fraction of sp³-hybridized carbons (Fsp3) is 0.286. The van der Waals surface area contributed by atoms with Crippen LogP contribution in [-0.4, -0.2) is 15.9 Å². The number of benzene rings is 2. The number of hydrogen-bond acceptors (Lipinski definition) is 2. The van der Waals surface area contributed by atoms with Gasteiger partial charge in [-0.3, -0.25) is 9.89 Å². The van der Waals surface area contributed by atoms with Crippen molar-refractivity contribution in [2.75, 3.05) is 0 Å². The number of nitrogens with zero attached hydrogens (tertiary/aromatic N) is 1. The van der Waals surface area contributed by atoms with Crippen LogP contribution in [0.2, 0.25) is 0 Å². The van der Waals surface area contributed by atoms with Crippen molar-refractivity contribution in [1.29, 1.82) is 0 Å². The molecule has 0 aliphatic heterocycles. The summed E-state index contributed by atoms with van der Waals surface area (Å²) in [5.41, 5.74) is 3.30. The number of aryl methyl sites for hydroxylation is 1. The van der Waals surface area contributed by atoms with Crippen molar-refractivity contribution < 1.29 is 4.74 Å². The zero-order chi connectivity index (χ0) is 17.6. The number of aromatic nitrogens is 2. The molecule has 1 unspecified atom stereocenters. The maximum Gasteiger partial charge on any atom is 0.266 e. The molecular formula is C21H24N2O2. The van der Waals surface area contributed by atoms with E-state index in [1.807, 2.05) is 37.3 Å². The molecule has 0 radical (unpaired) electrons. The van der Waals surface area contributed by atoms with Crippen molar-refractivity contribution >= 4 is 0 Å². The van der Waals surface area contributed by atoms with Gasteiger partial charge in [0.2, 0.25) is 0 Å². The van der Waals surface area contributed by atoms with Crippen LogP contribution in [0.1, 0.15) is 26.0 Å². The van der Waals surface area contributed by atoms with Gasteiger partial charge in [-0.05, 0) is 36.1 Å². The largest absolute Gasteiger partial charge is 0.489 e. The molecule has 130 valence electrons. The quantitative estimate of drug-likeness (QED) is 0.700. The van der Waals surface area contributed by atoms with Gasteiger partial charge in [0.05, 0.1) is 6.54 Å². The monoisotopic (exact) mass is 336 g/mol. The molecule has 0 bridgehead atoms. The summed E-state index contributed by atoms with van der Waals surface area (Å²) in [6.07, 6.45) is 1.59. The highest BCUT2D eigenvalue weighted by Gasteiger charge is 2.12. The summed E-state index contributed by atoms with van der Waals surface area (Å²) in [4.78, 5) is 12.0. The van der Waals surface area contributed by atoms with Crippen molar-refractivity contribution in [3.8, 4) is 16.9 Å². The molecule has 0 fully saturated rings. The summed E-state index contributed by atoms with van der Waals surface area (Å²) >= 11 is 0. The fourth-order valence-corrected chi connectivity index (χ4v) is 2.81. The topological polar surface area (TPSA) is 47.0 Å². The average molecular weight is 336 g/mol. The first-order valence-electron chi connectivity index (χ1n) is 8.80. The summed E-state index contributed by atoms with van der Waals surface area (Å²) in [6, 6.07) is 20.0. The molecule has 1 heterocycles. The van der Waals surface area contributed by atoms with E-state index in [0.717, 1.165) is 29.8 Å². The van der Waals surface area contributed by atoms with Crippen molar-refractivity contribution in [2.24, 2.45) is 0 Å². The first-order valence-corrected chi connectivity index (χ1v) is 8.80. The highest BCUT2D eigenvalue weighted by atomic mass is 16.5. The SMILES string of the molecule is CCc1cc(=O)n(CC(CC)Oc2ccc(-c3ccccc3)cc2)[nH]1. The summed E-state index contributed by atoms with van der Waals surface area (Å²) < 4.78 is 7.71. The number of aromatic amines is 1. The second-order valence-corrected chi connectivity index (χ2v) is 6.12. The van der Waals surface area contributed by atoms with E-state index >= 15 is 0 Å². The van der Waals surface area contributed by atoms with Gasteiger partial charge in [0.25, 0.3) is 5.56 Å². The molecule has 3 aromatic rings. The molecule has 1 N–H and O–H groups in total. The molecule has 25 heavy (non-hydrogen) atoms. The lowest BCUT2D eigenvalue weighted by Crippen LogP contribution is -2.28. The van der Waals surface area contributed by atoms with Crippen LogP contribution >= 0.6 is 0 Å². The molecule has 0 spiro atoms. The minimum atomic E-state index is -0.0522. The normalized spacial score (nSPS) is 12.1. The Morgan fingerprint density at radius 2 is 1.68 bits per heavy atom. The van der Waals surface area contributed by atoms with Crippen LogP contribution in [0.15, 0.2) is 65.5 Å². The van der Waals surface area contributed by atoms with Crippen LogP contribution in [-0.2, 0) is 13.0 Å². The molecular weight excluding hydrogens is 312 g/mol. The molecule has 4 nitrogen and oxygen atoms in total. The number of rotatable bonds is 7. The Labute approximate surface area is 148 Å². The maximum atomic E-state index is 12.0. The van der Waals surface area contributed by atoms with E-state index in [1.54, 1.807) is 10.7 Å². The van der Waals surface area contributed by atoms with E-state index in [2.05, 4.69) is 36.3 Å². The van der Waals surface area contributed by atoms with E-state index in [0.29, 0.717) is 6.54 Å². The van der Waals surface area contributed by atoms with Crippen molar-refractivity contribution in [1.82, 2.24) is 9.78 Å². The third kappa shape index (κ3) is 4.21. The second kappa shape index (κ2) is 7.88. The van der Waals surface area contributed by atoms with Crippen LogP contribution in [0.3, 0.4) is 0 Å². The average Bonchev–Trinajstić information content (AvgIpc) is 3.02. The zero-order valence-corrected chi connectivity index (χ0v) is 14.7. The van der Waals surface area contributed by atoms with Gasteiger partial charge in [-0.15, -0.1) is 0 Å². The van der Waals surface area contributed by atoms with Crippen molar-refractivity contribution in [3.63, 3.8) is 0 Å². The molecule has 0 aliphatic rings. The lowest BCUT2D eigenvalue weighted by atomic mass is 10.1. The first-order chi connectivity index (χ1) is 12.2. The standard InChI is InChI=1S/C21H24N2O2/c1-3-18-14-21(24)23(22-18)15-19(4-2)25-20-12-10-17(11-13-20)16-8-6-5-7-9-16/h5-14,19,22H,3-4,15H2,1-2H3. The summed E-state index contributed by atoms with van der Waals surface area (Å²) in [6.45, 7) is 4.62. The molecule has 1 aromatic heterocycles. The van der Waals surface area contributed by atoms with Crippen LogP contribution in [0.5, 0.6) is 5.75 Å². The molecule has 0 aliphatic carbocycles. The van der Waals surface area contributed by atoms with Crippen molar-refractivity contribution in [2.45, 2.75) is 39.3 Å². The third-order valence-corrected chi connectivity index (χ3v) is 4.33. The molecule has 0 amide bonds. The first kappa shape index (κ1) is 17.1. The summed E-state index contributed by atoms with van der Waals surface area (Å²) in [7, 11) is 0. The van der Waals surface area contributed by atoms with Gasteiger partial charge < -0.3 is 4.74 Å². The highest BCUT2D eigenvalue weighted by molar-refractivity contribution is 5.63. The smallest absolute Gasteiger partial charge is 0.266 e. The van der Waals surface area contributed by atoms with Gasteiger partial charge in [0.1, 0.15) is 11.9 Å². The lowest BCUT2D eigenvalue weighted by molar-refractivity contribution is 0.169. The van der Waals surface area contributed by atoms with Gasteiger partial charge in [-0.25, -0.2) is 4.68 Å². The lowest BCUT2D eigenvalue weighted by Gasteiger charge is -2.18. The number of ether oxygens (including phenoxy) is 1. The summed E-state index contributed by atoms with van der Waals surface area (Å²) in [5, 5.41) is 3.14. The van der Waals surface area contributed by atoms with Crippen LogP contribution in [0.25, 0.3) is 11.1 Å². The predicted molar refractivity (Wildman–Crippen MR) is 101 cm³/mol. The maximum absolute atomic E-state index is 12.0. The van der Waals surface area contributed by atoms with E-state index in [9.17, 15) is 4.79 Å². The summed E-state index contributed by atoms with van der Waals surface area (Å²) in [5.74, 6) is 0.821. The zero-order valence-electron chi connectivity index (χ0n) is 14.7. The van der Waals surface area contributed by atoms with Crippen LogP contribution in [0.4, 0.5) is 0 Å². The number of nitrogens with one attached hydrogen (secondary N) is 1. The molecule has 2 aromatic carbocycles. The Balaban J connectivity index is 1.69. The molecule has 0 saturated carbocycles. The Kier molecular flexibility index (Phi) is 5.39. The van der Waals surface area contributed by atoms with Crippen LogP contribution in [0, 0.1) is 0 Å². The van der Waals surface area contributed by atoms with Crippen LogP contribution < -0.4 is 10.3 Å². The van der Waals surface area contributed by atoms with Gasteiger partial charge in [-0.2, -0.15) is 0 Å². The van der Waals surface area contributed by atoms with Gasteiger partial charge in [-0.1, -0.05) is 56.3 Å². The molecule has 3 rings (SSSR count). The van der Waals surface area contributed by atoms with E-state index in [-0.39, 0.29) is 11.7 Å². The van der Waals surface area contributed by atoms with Gasteiger partial charge >= 0.3 is 0 Å². The Morgan fingerprint density at radius 3 is 2.28 bits per heavy atom. The van der Waals surface area contributed by atoms with Gasteiger partial charge in [0, 0.05) is 11.8 Å². The van der Waals surface area contributed by atoms with E-state index < -0.39 is 0 Å². The fourth-order valence-electron chi connectivity index (χ4n) is 2.81. The Hall–Kier alpha value is -2.75. The van der Waals surface area contributed by atoms with Crippen molar-refractivity contribution in [3.05, 3.63) is 76.7 Å². The predicted octanol–water partition coefficient (Wildman–Crippen LogP) is 4.26. The minimum Gasteiger partial charge on any atom is -0.489 e. The third-order valence-electron chi connectivity index (χ3n) is 4.33. The van der Waals surface area contributed by atoms with E-state index in [4.69, 9.17) is 4.74 Å². The molecule has 0 saturated heterocycles. The molecule has 1 atom stereocenters. The highest BCUT2D eigenvalue weighted by Crippen LogP contribution is 2.23. The minimum absolute atomic E-state index is 0.00155. The number of hydrogen-bond donors (Lipinski definition) is 1. The second-order valence-electron chi connectivity index (χ2n) is 6.12. The Bertz CT molecular complexity index is 848. The van der Waals surface area contributed by atoms with Gasteiger partial charge in [0.15, 0.2) is 0 Å². The Morgan fingerprint density at radius 1 is 1.00 bits per heavy atom.